The molecule has 0 heterocycles. The van der Waals surface area contributed by atoms with Crippen molar-refractivity contribution >= 4 is 5.91 Å². The van der Waals surface area contributed by atoms with Crippen molar-refractivity contribution in [1.82, 2.24) is 5.32 Å². The summed E-state index contributed by atoms with van der Waals surface area (Å²) in [7, 11) is 0. The van der Waals surface area contributed by atoms with Crippen molar-refractivity contribution in [1.29, 1.82) is 0 Å². The number of aliphatic hydroxyl groups is 1. The van der Waals surface area contributed by atoms with E-state index in [1.165, 1.54) is 13.0 Å². The van der Waals surface area contributed by atoms with Crippen molar-refractivity contribution in [2.24, 2.45) is 0 Å². The van der Waals surface area contributed by atoms with Gasteiger partial charge in [0.05, 0.1) is 5.60 Å². The normalized spacial score (nSPS) is 18.3. The van der Waals surface area contributed by atoms with Gasteiger partial charge >= 0.3 is 0 Å². The zero-order chi connectivity index (χ0) is 15.5. The zero-order valence-corrected chi connectivity index (χ0v) is 11.9. The van der Waals surface area contributed by atoms with Crippen molar-refractivity contribution in [3.05, 3.63) is 29.8 Å². The van der Waals surface area contributed by atoms with Gasteiger partial charge in [-0.1, -0.05) is 12.8 Å². The highest BCUT2D eigenvalue weighted by atomic mass is 19.2. The molecule has 1 aromatic carbocycles. The van der Waals surface area contributed by atoms with Crippen LogP contribution in [0, 0.1) is 11.6 Å². The monoisotopic (exact) mass is 299 g/mol. The van der Waals surface area contributed by atoms with E-state index in [0.29, 0.717) is 12.8 Å². The molecular weight excluding hydrogens is 280 g/mol. The van der Waals surface area contributed by atoms with Crippen LogP contribution in [0.15, 0.2) is 18.2 Å². The highest BCUT2D eigenvalue weighted by molar-refractivity contribution is 5.80. The summed E-state index contributed by atoms with van der Waals surface area (Å²) in [5.41, 5.74) is -0.836. The van der Waals surface area contributed by atoms with E-state index < -0.39 is 29.2 Å². The van der Waals surface area contributed by atoms with Crippen molar-refractivity contribution in [3.63, 3.8) is 0 Å². The van der Waals surface area contributed by atoms with Gasteiger partial charge in [0.1, 0.15) is 5.75 Å². The van der Waals surface area contributed by atoms with Gasteiger partial charge in [0.15, 0.2) is 17.7 Å². The zero-order valence-electron chi connectivity index (χ0n) is 11.9. The molecule has 1 aromatic rings. The topological polar surface area (TPSA) is 58.6 Å². The Morgan fingerprint density at radius 1 is 1.38 bits per heavy atom. The Labute approximate surface area is 122 Å². The fraction of sp³-hybridized carbons (Fsp3) is 0.533. The van der Waals surface area contributed by atoms with E-state index in [0.717, 1.165) is 25.0 Å². The fourth-order valence-electron chi connectivity index (χ4n) is 2.41. The minimum atomic E-state index is -1.03. The second-order valence-electron chi connectivity index (χ2n) is 5.49. The van der Waals surface area contributed by atoms with Crippen LogP contribution in [0.3, 0.4) is 0 Å². The first-order chi connectivity index (χ1) is 9.89. The van der Waals surface area contributed by atoms with E-state index in [1.54, 1.807) is 0 Å². The summed E-state index contributed by atoms with van der Waals surface area (Å²) in [6, 6.07) is 3.09. The second kappa shape index (κ2) is 6.39. The molecule has 1 atom stereocenters. The quantitative estimate of drug-likeness (QED) is 0.876. The molecule has 0 radical (unpaired) electrons. The Morgan fingerprint density at radius 3 is 2.67 bits per heavy atom. The first kappa shape index (κ1) is 15.7. The van der Waals surface area contributed by atoms with Crippen molar-refractivity contribution < 1.29 is 23.4 Å². The molecular formula is C15H19F2NO3. The lowest BCUT2D eigenvalue weighted by Crippen LogP contribution is -2.45. The number of nitrogens with one attached hydrogen (secondary N) is 1. The molecule has 0 bridgehead atoms. The molecule has 1 unspecified atom stereocenters. The lowest BCUT2D eigenvalue weighted by atomic mass is 10.0. The molecule has 1 amide bonds. The number of carbonyl (C=O) groups is 1. The maximum absolute atomic E-state index is 13.0. The first-order valence-corrected chi connectivity index (χ1v) is 7.01. The molecule has 2 N–H and O–H groups in total. The van der Waals surface area contributed by atoms with Gasteiger partial charge in [0.2, 0.25) is 0 Å². The molecule has 1 fully saturated rings. The molecule has 1 aliphatic rings. The first-order valence-electron chi connectivity index (χ1n) is 7.01. The Balaban J connectivity index is 1.85. The van der Waals surface area contributed by atoms with E-state index in [4.69, 9.17) is 4.74 Å². The molecule has 2 rings (SSSR count). The van der Waals surface area contributed by atoms with E-state index in [-0.39, 0.29) is 12.3 Å². The Hall–Kier alpha value is -1.69. The smallest absolute Gasteiger partial charge is 0.260 e. The van der Waals surface area contributed by atoms with Crippen LogP contribution in [0.25, 0.3) is 0 Å². The van der Waals surface area contributed by atoms with Gasteiger partial charge in [-0.15, -0.1) is 0 Å². The molecule has 0 aliphatic heterocycles. The van der Waals surface area contributed by atoms with Crippen LogP contribution in [-0.4, -0.2) is 29.3 Å². The predicted molar refractivity (Wildman–Crippen MR) is 72.9 cm³/mol. The van der Waals surface area contributed by atoms with Crippen LogP contribution in [0.1, 0.15) is 32.6 Å². The predicted octanol–water partition coefficient (Wildman–Crippen LogP) is 2.15. The highest BCUT2D eigenvalue weighted by Crippen LogP contribution is 2.28. The Morgan fingerprint density at radius 2 is 2.05 bits per heavy atom. The van der Waals surface area contributed by atoms with Crippen molar-refractivity contribution in [2.75, 3.05) is 6.54 Å². The largest absolute Gasteiger partial charge is 0.481 e. The number of benzene rings is 1. The van der Waals surface area contributed by atoms with Gasteiger partial charge in [-0.25, -0.2) is 8.78 Å². The maximum atomic E-state index is 13.0. The number of carbonyl (C=O) groups excluding carboxylic acids is 1. The third-order valence-corrected chi connectivity index (χ3v) is 3.70. The van der Waals surface area contributed by atoms with Crippen LogP contribution in [-0.2, 0) is 4.79 Å². The number of hydrogen-bond donors (Lipinski definition) is 2. The highest BCUT2D eigenvalue weighted by Gasteiger charge is 2.32. The van der Waals surface area contributed by atoms with Gasteiger partial charge in [-0.05, 0) is 31.9 Å². The summed E-state index contributed by atoms with van der Waals surface area (Å²) in [6.07, 6.45) is 2.39. The molecule has 0 spiro atoms. The van der Waals surface area contributed by atoms with E-state index in [1.807, 2.05) is 0 Å². The SMILES string of the molecule is CC(Oc1ccc(F)c(F)c1)C(=O)NCC1(O)CCCC1. The van der Waals surface area contributed by atoms with E-state index in [2.05, 4.69) is 5.32 Å². The summed E-state index contributed by atoms with van der Waals surface area (Å²) in [5, 5.41) is 12.8. The van der Waals surface area contributed by atoms with E-state index >= 15 is 0 Å². The number of hydrogen-bond acceptors (Lipinski definition) is 3. The molecule has 116 valence electrons. The van der Waals surface area contributed by atoms with Crippen LogP contribution in [0.2, 0.25) is 0 Å². The van der Waals surface area contributed by atoms with Gasteiger partial charge in [-0.3, -0.25) is 4.79 Å². The molecule has 0 saturated heterocycles. The van der Waals surface area contributed by atoms with Gasteiger partial charge in [0.25, 0.3) is 5.91 Å². The molecule has 4 nitrogen and oxygen atoms in total. The van der Waals surface area contributed by atoms with Crippen LogP contribution < -0.4 is 10.1 Å². The van der Waals surface area contributed by atoms with Crippen LogP contribution >= 0.6 is 0 Å². The van der Waals surface area contributed by atoms with Crippen molar-refractivity contribution in [3.8, 4) is 5.75 Å². The number of rotatable bonds is 5. The summed E-state index contributed by atoms with van der Waals surface area (Å²) in [5.74, 6) is -2.32. The third-order valence-electron chi connectivity index (χ3n) is 3.70. The lowest BCUT2D eigenvalue weighted by Gasteiger charge is -2.23. The molecule has 1 saturated carbocycles. The second-order valence-corrected chi connectivity index (χ2v) is 5.49. The molecule has 0 aromatic heterocycles. The summed E-state index contributed by atoms with van der Waals surface area (Å²) in [4.78, 5) is 11.9. The summed E-state index contributed by atoms with van der Waals surface area (Å²) < 4.78 is 31.1. The van der Waals surface area contributed by atoms with Crippen LogP contribution in [0.4, 0.5) is 8.78 Å². The number of amides is 1. The number of ether oxygens (including phenoxy) is 1. The molecule has 6 heteroatoms. The summed E-state index contributed by atoms with van der Waals surface area (Å²) in [6.45, 7) is 1.69. The maximum Gasteiger partial charge on any atom is 0.260 e. The fourth-order valence-corrected chi connectivity index (χ4v) is 2.41. The molecule has 21 heavy (non-hydrogen) atoms. The Bertz CT molecular complexity index is 516. The standard InChI is InChI=1S/C15H19F2NO3/c1-10(21-11-4-5-12(16)13(17)8-11)14(19)18-9-15(20)6-2-3-7-15/h4-5,8,10,20H,2-3,6-7,9H2,1H3,(H,18,19). The lowest BCUT2D eigenvalue weighted by molar-refractivity contribution is -0.128. The summed E-state index contributed by atoms with van der Waals surface area (Å²) >= 11 is 0. The van der Waals surface area contributed by atoms with Gasteiger partial charge in [0, 0.05) is 12.6 Å². The van der Waals surface area contributed by atoms with Crippen LogP contribution in [0.5, 0.6) is 5.75 Å². The molecule has 1 aliphatic carbocycles. The van der Waals surface area contributed by atoms with Gasteiger partial charge in [-0.2, -0.15) is 0 Å². The Kier molecular flexibility index (Phi) is 4.77. The minimum absolute atomic E-state index is 0.0797. The number of halogens is 2. The van der Waals surface area contributed by atoms with Crippen molar-refractivity contribution in [2.45, 2.75) is 44.3 Å². The third kappa shape index (κ3) is 4.14. The van der Waals surface area contributed by atoms with Gasteiger partial charge < -0.3 is 15.2 Å². The average Bonchev–Trinajstić information content (AvgIpc) is 2.87. The van der Waals surface area contributed by atoms with E-state index in [9.17, 15) is 18.7 Å². The minimum Gasteiger partial charge on any atom is -0.481 e. The average molecular weight is 299 g/mol.